The highest BCUT2D eigenvalue weighted by molar-refractivity contribution is 5.95. The Balaban J connectivity index is 2.18. The molecule has 5 heteroatoms. The average Bonchev–Trinajstić information content (AvgIpc) is 2.56. The van der Waals surface area contributed by atoms with E-state index in [0.29, 0.717) is 6.54 Å². The summed E-state index contributed by atoms with van der Waals surface area (Å²) >= 11 is 0. The molecule has 1 heterocycles. The molecule has 1 aromatic carbocycles. The maximum atomic E-state index is 11.8. The van der Waals surface area contributed by atoms with Crippen LogP contribution in [0.4, 0.5) is 10.5 Å². The molecule has 2 rings (SSSR count). The average molecular weight is 248 g/mol. The third kappa shape index (κ3) is 2.61. The summed E-state index contributed by atoms with van der Waals surface area (Å²) in [5.74, 6) is -0.900. The first-order valence-corrected chi connectivity index (χ1v) is 5.84. The number of aliphatic carboxylic acids is 1. The van der Waals surface area contributed by atoms with Crippen molar-refractivity contribution in [3.8, 4) is 0 Å². The quantitative estimate of drug-likeness (QED) is 0.855. The van der Waals surface area contributed by atoms with E-state index in [2.05, 4.69) is 5.32 Å². The van der Waals surface area contributed by atoms with Gasteiger partial charge < -0.3 is 10.4 Å². The Morgan fingerprint density at radius 2 is 2.00 bits per heavy atom. The van der Waals surface area contributed by atoms with Gasteiger partial charge in [0.15, 0.2) is 0 Å². The smallest absolute Gasteiger partial charge is 0.322 e. The summed E-state index contributed by atoms with van der Waals surface area (Å²) in [7, 11) is 0. The fraction of sp³-hybridized carbons (Fsp3) is 0.385. The molecule has 18 heavy (non-hydrogen) atoms. The number of anilines is 1. The molecule has 0 bridgehead atoms. The second-order valence-electron chi connectivity index (χ2n) is 4.70. The zero-order chi connectivity index (χ0) is 13.3. The first-order chi connectivity index (χ1) is 8.45. The molecule has 0 aromatic heterocycles. The molecular weight excluding hydrogens is 232 g/mol. The number of nitrogens with one attached hydrogen (secondary N) is 1. The summed E-state index contributed by atoms with van der Waals surface area (Å²) in [5.41, 5.74) is 2.98. The normalized spacial score (nSPS) is 18.9. The number of hydrogen-bond donors (Lipinski definition) is 2. The van der Waals surface area contributed by atoms with Crippen molar-refractivity contribution in [1.82, 2.24) is 5.32 Å². The first kappa shape index (κ1) is 12.4. The van der Waals surface area contributed by atoms with Crippen LogP contribution in [-0.2, 0) is 4.79 Å². The van der Waals surface area contributed by atoms with Gasteiger partial charge in [0.2, 0.25) is 0 Å². The summed E-state index contributed by atoms with van der Waals surface area (Å²) in [6, 6.07) is 5.33. The first-order valence-electron chi connectivity index (χ1n) is 5.84. The maximum Gasteiger partial charge on any atom is 0.322 e. The Morgan fingerprint density at radius 3 is 2.56 bits per heavy atom. The maximum absolute atomic E-state index is 11.8. The molecule has 0 aliphatic carbocycles. The Labute approximate surface area is 105 Å². The van der Waals surface area contributed by atoms with Crippen LogP contribution >= 0.6 is 0 Å². The molecule has 1 unspecified atom stereocenters. The van der Waals surface area contributed by atoms with Gasteiger partial charge in [0.25, 0.3) is 0 Å². The number of carboxylic acid groups (broad SMARTS) is 1. The molecule has 2 amide bonds. The highest BCUT2D eigenvalue weighted by Crippen LogP contribution is 2.22. The molecule has 2 N–H and O–H groups in total. The number of hydrogen-bond acceptors (Lipinski definition) is 2. The van der Waals surface area contributed by atoms with Crippen molar-refractivity contribution in [3.05, 3.63) is 29.3 Å². The van der Waals surface area contributed by atoms with Gasteiger partial charge in [-0.2, -0.15) is 0 Å². The lowest BCUT2D eigenvalue weighted by molar-refractivity contribution is -0.137. The second kappa shape index (κ2) is 4.68. The SMILES string of the molecule is Cc1cc(C)cc(N2CC(CC(=O)O)NC2=O)c1. The molecule has 1 saturated heterocycles. The van der Waals surface area contributed by atoms with Gasteiger partial charge in [0.05, 0.1) is 12.5 Å². The number of amides is 2. The van der Waals surface area contributed by atoms with Crippen molar-refractivity contribution < 1.29 is 14.7 Å². The fourth-order valence-electron chi connectivity index (χ4n) is 2.26. The number of benzene rings is 1. The molecule has 1 aromatic rings. The summed E-state index contributed by atoms with van der Waals surface area (Å²) in [6.07, 6.45) is -0.0486. The van der Waals surface area contributed by atoms with E-state index in [1.807, 2.05) is 32.0 Å². The van der Waals surface area contributed by atoms with Crippen molar-refractivity contribution in [1.29, 1.82) is 0 Å². The van der Waals surface area contributed by atoms with E-state index in [4.69, 9.17) is 5.11 Å². The van der Waals surface area contributed by atoms with Crippen LogP contribution in [0.2, 0.25) is 0 Å². The van der Waals surface area contributed by atoms with E-state index < -0.39 is 5.97 Å². The van der Waals surface area contributed by atoms with Crippen LogP contribution in [0.1, 0.15) is 17.5 Å². The van der Waals surface area contributed by atoms with E-state index in [1.54, 1.807) is 4.90 Å². The molecule has 96 valence electrons. The minimum atomic E-state index is -0.900. The third-order valence-electron chi connectivity index (χ3n) is 2.91. The van der Waals surface area contributed by atoms with Crippen molar-refractivity contribution in [2.75, 3.05) is 11.4 Å². The minimum Gasteiger partial charge on any atom is -0.481 e. The second-order valence-corrected chi connectivity index (χ2v) is 4.70. The summed E-state index contributed by atoms with van der Waals surface area (Å²) in [4.78, 5) is 24.0. The van der Waals surface area contributed by atoms with E-state index >= 15 is 0 Å². The fourth-order valence-corrected chi connectivity index (χ4v) is 2.26. The van der Waals surface area contributed by atoms with E-state index in [9.17, 15) is 9.59 Å². The summed E-state index contributed by atoms with van der Waals surface area (Å²) in [5, 5.41) is 11.4. The molecule has 1 aliphatic heterocycles. The van der Waals surface area contributed by atoms with E-state index in [1.165, 1.54) is 0 Å². The molecule has 0 radical (unpaired) electrons. The van der Waals surface area contributed by atoms with Gasteiger partial charge in [-0.15, -0.1) is 0 Å². The van der Waals surface area contributed by atoms with Crippen LogP contribution in [0, 0.1) is 13.8 Å². The summed E-state index contributed by atoms with van der Waals surface area (Å²) < 4.78 is 0. The van der Waals surface area contributed by atoms with E-state index in [0.717, 1.165) is 16.8 Å². The predicted molar refractivity (Wildman–Crippen MR) is 67.8 cm³/mol. The van der Waals surface area contributed by atoms with Crippen LogP contribution in [0.25, 0.3) is 0 Å². The highest BCUT2D eigenvalue weighted by Gasteiger charge is 2.31. The number of rotatable bonds is 3. The lowest BCUT2D eigenvalue weighted by Gasteiger charge is -2.16. The van der Waals surface area contributed by atoms with Gasteiger partial charge in [-0.3, -0.25) is 9.69 Å². The molecule has 5 nitrogen and oxygen atoms in total. The monoisotopic (exact) mass is 248 g/mol. The van der Waals surface area contributed by atoms with Crippen molar-refractivity contribution >= 4 is 17.7 Å². The zero-order valence-corrected chi connectivity index (χ0v) is 10.4. The van der Waals surface area contributed by atoms with Gasteiger partial charge in [0.1, 0.15) is 0 Å². The Hall–Kier alpha value is -2.04. The molecule has 1 atom stereocenters. The van der Waals surface area contributed by atoms with Gasteiger partial charge >= 0.3 is 12.0 Å². The molecule has 0 spiro atoms. The topological polar surface area (TPSA) is 69.6 Å². The van der Waals surface area contributed by atoms with Crippen molar-refractivity contribution in [3.63, 3.8) is 0 Å². The lowest BCUT2D eigenvalue weighted by atomic mass is 10.1. The van der Waals surface area contributed by atoms with Gasteiger partial charge in [-0.05, 0) is 37.1 Å². The van der Waals surface area contributed by atoms with Crippen LogP contribution in [0.3, 0.4) is 0 Å². The van der Waals surface area contributed by atoms with E-state index in [-0.39, 0.29) is 18.5 Å². The minimum absolute atomic E-state index is 0.0486. The van der Waals surface area contributed by atoms with Crippen LogP contribution in [0.15, 0.2) is 18.2 Å². The number of carboxylic acids is 1. The van der Waals surface area contributed by atoms with Gasteiger partial charge in [-0.25, -0.2) is 4.79 Å². The Morgan fingerprint density at radius 1 is 1.39 bits per heavy atom. The standard InChI is InChI=1S/C13H16N2O3/c1-8-3-9(2)5-11(4-8)15-7-10(6-12(16)17)14-13(15)18/h3-5,10H,6-7H2,1-2H3,(H,14,18)(H,16,17). The number of urea groups is 1. The van der Waals surface area contributed by atoms with Gasteiger partial charge in [-0.1, -0.05) is 6.07 Å². The van der Waals surface area contributed by atoms with Crippen molar-refractivity contribution in [2.24, 2.45) is 0 Å². The highest BCUT2D eigenvalue weighted by atomic mass is 16.4. The van der Waals surface area contributed by atoms with Gasteiger partial charge in [0, 0.05) is 12.2 Å². The number of carbonyl (C=O) groups is 2. The van der Waals surface area contributed by atoms with Crippen LogP contribution in [0.5, 0.6) is 0 Å². The Kier molecular flexibility index (Phi) is 3.23. The summed E-state index contributed by atoms with van der Waals surface area (Å²) in [6.45, 7) is 4.34. The molecular formula is C13H16N2O3. The number of carbonyl (C=O) groups excluding carboxylic acids is 1. The lowest BCUT2D eigenvalue weighted by Crippen LogP contribution is -2.29. The molecule has 0 saturated carbocycles. The molecule has 1 fully saturated rings. The number of nitrogens with zero attached hydrogens (tertiary/aromatic N) is 1. The third-order valence-corrected chi connectivity index (χ3v) is 2.91. The molecule has 1 aliphatic rings. The Bertz CT molecular complexity index is 479. The largest absolute Gasteiger partial charge is 0.481 e. The van der Waals surface area contributed by atoms with Crippen molar-refractivity contribution in [2.45, 2.75) is 26.3 Å². The number of aryl methyl sites for hydroxylation is 2. The predicted octanol–water partition coefficient (Wildman–Crippen LogP) is 1.68. The van der Waals surface area contributed by atoms with Crippen LogP contribution < -0.4 is 10.2 Å². The van der Waals surface area contributed by atoms with Crippen LogP contribution in [-0.4, -0.2) is 29.7 Å². The zero-order valence-electron chi connectivity index (χ0n) is 10.4.